The zero-order valence-electron chi connectivity index (χ0n) is 10.9. The highest BCUT2D eigenvalue weighted by molar-refractivity contribution is 9.10. The maximum atomic E-state index is 12.6. The summed E-state index contributed by atoms with van der Waals surface area (Å²) in [6, 6.07) is 13.2. The number of rotatable bonds is 5. The van der Waals surface area contributed by atoms with E-state index in [1.54, 1.807) is 48.5 Å². The van der Waals surface area contributed by atoms with E-state index in [0.29, 0.717) is 22.1 Å². The number of carbonyl (C=O) groups is 2. The standard InChI is InChI=1S/C15H8Br2Cl2O2S/c16-11-5-1-9(2-6-11)13(20)15(18,22-19)14(21)10-3-7-12(17)8-4-10/h1-8H. The summed E-state index contributed by atoms with van der Waals surface area (Å²) in [5.41, 5.74) is 0.633. The molecule has 0 amide bonds. The number of hydrogen-bond donors (Lipinski definition) is 0. The van der Waals surface area contributed by atoms with Gasteiger partial charge in [-0.05, 0) is 45.9 Å². The largest absolute Gasteiger partial charge is 0.291 e. The van der Waals surface area contributed by atoms with Gasteiger partial charge >= 0.3 is 0 Å². The Kier molecular flexibility index (Phi) is 6.14. The first kappa shape index (κ1) is 18.0. The number of halogens is 4. The van der Waals surface area contributed by atoms with E-state index in [-0.39, 0.29) is 0 Å². The van der Waals surface area contributed by atoms with Gasteiger partial charge in [0.15, 0.2) is 0 Å². The van der Waals surface area contributed by atoms with Crippen molar-refractivity contribution in [2.24, 2.45) is 0 Å². The molecule has 0 unspecified atom stereocenters. The van der Waals surface area contributed by atoms with E-state index in [2.05, 4.69) is 31.9 Å². The van der Waals surface area contributed by atoms with Crippen LogP contribution in [0.5, 0.6) is 0 Å². The zero-order chi connectivity index (χ0) is 16.3. The van der Waals surface area contributed by atoms with Crippen LogP contribution in [0.1, 0.15) is 20.7 Å². The topological polar surface area (TPSA) is 34.1 Å². The number of hydrogen-bond acceptors (Lipinski definition) is 3. The molecule has 0 aliphatic heterocycles. The molecule has 0 bridgehead atoms. The summed E-state index contributed by atoms with van der Waals surface area (Å²) < 4.78 is -0.257. The average molecular weight is 483 g/mol. The minimum Gasteiger partial charge on any atom is -0.291 e. The summed E-state index contributed by atoms with van der Waals surface area (Å²) in [5, 5.41) is 0. The van der Waals surface area contributed by atoms with Crippen molar-refractivity contribution in [2.45, 2.75) is 4.21 Å². The number of ketones is 2. The predicted octanol–water partition coefficient (Wildman–Crippen LogP) is 6.10. The predicted molar refractivity (Wildman–Crippen MR) is 99.0 cm³/mol. The van der Waals surface area contributed by atoms with Gasteiger partial charge in [0.25, 0.3) is 0 Å². The lowest BCUT2D eigenvalue weighted by atomic mass is 10.0. The van der Waals surface area contributed by atoms with Crippen LogP contribution < -0.4 is 0 Å². The zero-order valence-corrected chi connectivity index (χ0v) is 16.4. The highest BCUT2D eigenvalue weighted by Crippen LogP contribution is 2.40. The molecule has 0 saturated carbocycles. The SMILES string of the molecule is O=C(c1ccc(Br)cc1)C(Cl)(SCl)C(=O)c1ccc(Br)cc1. The summed E-state index contributed by atoms with van der Waals surface area (Å²) in [6.45, 7) is 0. The summed E-state index contributed by atoms with van der Waals surface area (Å²) in [6.07, 6.45) is 0. The molecule has 114 valence electrons. The molecular formula is C15H8Br2Cl2O2S. The number of carbonyl (C=O) groups excluding carboxylic acids is 2. The number of Topliss-reactive ketones (excluding diaryl/α,β-unsaturated/α-hetero) is 2. The Hall–Kier alpha value is -0.330. The van der Waals surface area contributed by atoms with Crippen LogP contribution >= 0.6 is 65.1 Å². The third-order valence-electron chi connectivity index (χ3n) is 2.90. The van der Waals surface area contributed by atoms with Crippen molar-refractivity contribution in [3.8, 4) is 0 Å². The Labute approximate surface area is 158 Å². The van der Waals surface area contributed by atoms with Crippen LogP contribution in [0, 0.1) is 0 Å². The van der Waals surface area contributed by atoms with Gasteiger partial charge in [-0.15, -0.1) is 0 Å². The van der Waals surface area contributed by atoms with Gasteiger partial charge in [-0.25, -0.2) is 0 Å². The fourth-order valence-corrected chi connectivity index (χ4v) is 3.29. The van der Waals surface area contributed by atoms with E-state index in [4.69, 9.17) is 22.3 Å². The Bertz CT molecular complexity index is 645. The summed E-state index contributed by atoms with van der Waals surface area (Å²) in [7, 11) is 6.29. The van der Waals surface area contributed by atoms with Crippen molar-refractivity contribution in [2.75, 3.05) is 0 Å². The highest BCUT2D eigenvalue weighted by Gasteiger charge is 2.45. The van der Waals surface area contributed by atoms with Gasteiger partial charge in [0.2, 0.25) is 15.8 Å². The summed E-state index contributed by atoms with van der Waals surface area (Å²) >= 11 is 12.9. The highest BCUT2D eigenvalue weighted by atomic mass is 79.9. The third-order valence-corrected chi connectivity index (χ3v) is 6.05. The molecule has 0 radical (unpaired) electrons. The van der Waals surface area contributed by atoms with Gasteiger partial charge < -0.3 is 0 Å². The molecule has 22 heavy (non-hydrogen) atoms. The molecule has 0 heterocycles. The minimum absolute atomic E-state index is 0.316. The third kappa shape index (κ3) is 3.77. The van der Waals surface area contributed by atoms with Crippen LogP contribution in [-0.2, 0) is 0 Å². The van der Waals surface area contributed by atoms with E-state index in [1.807, 2.05) is 0 Å². The average Bonchev–Trinajstić information content (AvgIpc) is 2.54. The van der Waals surface area contributed by atoms with Crippen LogP contribution in [-0.4, -0.2) is 15.8 Å². The van der Waals surface area contributed by atoms with Crippen LogP contribution in [0.4, 0.5) is 0 Å². The minimum atomic E-state index is -1.90. The first-order valence-electron chi connectivity index (χ1n) is 5.98. The van der Waals surface area contributed by atoms with Crippen molar-refractivity contribution < 1.29 is 9.59 Å². The Morgan fingerprint density at radius 2 is 1.14 bits per heavy atom. The molecule has 0 fully saturated rings. The first-order chi connectivity index (χ1) is 10.4. The lowest BCUT2D eigenvalue weighted by Crippen LogP contribution is -2.37. The van der Waals surface area contributed by atoms with Crippen molar-refractivity contribution in [3.05, 3.63) is 68.6 Å². The molecule has 0 saturated heterocycles. The van der Waals surface area contributed by atoms with Gasteiger partial charge in [-0.2, -0.15) is 0 Å². The maximum Gasteiger partial charge on any atom is 0.229 e. The Morgan fingerprint density at radius 1 is 0.818 bits per heavy atom. The van der Waals surface area contributed by atoms with Crippen molar-refractivity contribution >= 4 is 76.7 Å². The van der Waals surface area contributed by atoms with Crippen molar-refractivity contribution in [3.63, 3.8) is 0 Å². The monoisotopic (exact) mass is 480 g/mol. The lowest BCUT2D eigenvalue weighted by Gasteiger charge is -2.20. The van der Waals surface area contributed by atoms with E-state index in [1.165, 1.54) is 0 Å². The molecule has 0 aliphatic carbocycles. The normalized spacial score (nSPS) is 11.3. The van der Waals surface area contributed by atoms with Gasteiger partial charge in [-0.1, -0.05) is 67.7 Å². The molecule has 0 aliphatic rings. The van der Waals surface area contributed by atoms with Crippen molar-refractivity contribution in [1.82, 2.24) is 0 Å². The Morgan fingerprint density at radius 3 is 1.41 bits per heavy atom. The second-order valence-electron chi connectivity index (χ2n) is 4.34. The number of alkyl halides is 1. The second-order valence-corrected chi connectivity index (χ2v) is 8.20. The molecule has 2 rings (SSSR count). The van der Waals surface area contributed by atoms with Crippen LogP contribution in [0.2, 0.25) is 0 Å². The van der Waals surface area contributed by atoms with E-state index < -0.39 is 15.8 Å². The fourth-order valence-electron chi connectivity index (χ4n) is 1.75. The summed E-state index contributed by atoms with van der Waals surface area (Å²) in [5.74, 6) is -1.09. The molecule has 0 atom stereocenters. The molecule has 0 aromatic heterocycles. The van der Waals surface area contributed by atoms with Gasteiger partial charge in [0, 0.05) is 20.1 Å². The fraction of sp³-hybridized carbons (Fsp3) is 0.0667. The molecule has 7 heteroatoms. The van der Waals surface area contributed by atoms with Gasteiger partial charge in [0.1, 0.15) is 0 Å². The smallest absolute Gasteiger partial charge is 0.229 e. The lowest BCUT2D eigenvalue weighted by molar-refractivity contribution is 0.0884. The van der Waals surface area contributed by atoms with E-state index >= 15 is 0 Å². The molecule has 2 aromatic carbocycles. The quantitative estimate of drug-likeness (QED) is 0.293. The van der Waals surface area contributed by atoms with Gasteiger partial charge in [0.05, 0.1) is 0 Å². The second kappa shape index (κ2) is 7.49. The molecule has 0 N–H and O–H groups in total. The molecule has 2 aromatic rings. The molecular weight excluding hydrogens is 475 g/mol. The van der Waals surface area contributed by atoms with E-state index in [9.17, 15) is 9.59 Å². The molecule has 2 nitrogen and oxygen atoms in total. The molecule has 0 spiro atoms. The van der Waals surface area contributed by atoms with Gasteiger partial charge in [-0.3, -0.25) is 9.59 Å². The van der Waals surface area contributed by atoms with Crippen LogP contribution in [0.15, 0.2) is 57.5 Å². The van der Waals surface area contributed by atoms with Crippen LogP contribution in [0.25, 0.3) is 0 Å². The summed E-state index contributed by atoms with van der Waals surface area (Å²) in [4.78, 5) is 25.2. The first-order valence-corrected chi connectivity index (χ1v) is 9.58. The van der Waals surface area contributed by atoms with E-state index in [0.717, 1.165) is 8.95 Å². The van der Waals surface area contributed by atoms with Crippen LogP contribution in [0.3, 0.4) is 0 Å². The number of benzene rings is 2. The van der Waals surface area contributed by atoms with Crippen molar-refractivity contribution in [1.29, 1.82) is 0 Å². The Balaban J connectivity index is 2.38. The maximum absolute atomic E-state index is 12.6.